The molecule has 0 spiro atoms. The largest absolute Gasteiger partial charge is 0.494 e. The molecule has 0 saturated carbocycles. The summed E-state index contributed by atoms with van der Waals surface area (Å²) in [7, 11) is 0. The van der Waals surface area contributed by atoms with E-state index in [9.17, 15) is 0 Å². The number of nitrogens with two attached hydrogens (primary N) is 1. The van der Waals surface area contributed by atoms with Crippen molar-refractivity contribution in [2.24, 2.45) is 0 Å². The minimum atomic E-state index is 0.211. The van der Waals surface area contributed by atoms with Gasteiger partial charge < -0.3 is 14.9 Å². The summed E-state index contributed by atoms with van der Waals surface area (Å²) in [6.07, 6.45) is 0. The lowest BCUT2D eigenvalue weighted by Crippen LogP contribution is -1.93. The van der Waals surface area contributed by atoms with Gasteiger partial charge in [0, 0.05) is 5.56 Å². The normalized spacial score (nSPS) is 10.9. The van der Waals surface area contributed by atoms with Crippen LogP contribution in [0.15, 0.2) is 28.7 Å². The van der Waals surface area contributed by atoms with Gasteiger partial charge in [-0.3, -0.25) is 0 Å². The molecule has 2 aromatic rings. The van der Waals surface area contributed by atoms with E-state index in [1.807, 2.05) is 31.2 Å². The van der Waals surface area contributed by atoms with E-state index in [2.05, 4.69) is 18.8 Å². The lowest BCUT2D eigenvalue weighted by atomic mass is 10.0. The molecule has 0 aliphatic rings. The summed E-state index contributed by atoms with van der Waals surface area (Å²) < 4.78 is 10.9. The second kappa shape index (κ2) is 5.12. The van der Waals surface area contributed by atoms with Crippen molar-refractivity contribution >= 4 is 6.01 Å². The Kier molecular flexibility index (Phi) is 3.55. The molecule has 0 radical (unpaired) electrons. The molecule has 2 N–H and O–H groups in total. The average molecular weight is 246 g/mol. The summed E-state index contributed by atoms with van der Waals surface area (Å²) in [5, 5.41) is 0. The fourth-order valence-corrected chi connectivity index (χ4v) is 1.82. The van der Waals surface area contributed by atoms with Gasteiger partial charge in [0.15, 0.2) is 5.76 Å². The number of aromatic nitrogens is 1. The third-order valence-electron chi connectivity index (χ3n) is 2.64. The van der Waals surface area contributed by atoms with Crippen molar-refractivity contribution in [1.29, 1.82) is 0 Å². The second-order valence-electron chi connectivity index (χ2n) is 4.38. The molecule has 0 aliphatic heterocycles. The van der Waals surface area contributed by atoms with Crippen LogP contribution in [0.25, 0.3) is 11.3 Å². The molecular formula is C14H18N2O2. The highest BCUT2D eigenvalue weighted by Gasteiger charge is 2.16. The van der Waals surface area contributed by atoms with Crippen LogP contribution in [0.3, 0.4) is 0 Å². The van der Waals surface area contributed by atoms with Crippen LogP contribution in [-0.2, 0) is 0 Å². The van der Waals surface area contributed by atoms with E-state index < -0.39 is 0 Å². The fraction of sp³-hybridized carbons (Fsp3) is 0.357. The number of hydrogen-bond acceptors (Lipinski definition) is 4. The quantitative estimate of drug-likeness (QED) is 0.897. The standard InChI is InChI=1S/C14H18N2O2/c1-4-17-11-7-5-10(6-8-11)13-12(9(2)3)16-14(15)18-13/h5-9H,4H2,1-3H3,(H2,15,16). The van der Waals surface area contributed by atoms with E-state index in [0.29, 0.717) is 6.61 Å². The van der Waals surface area contributed by atoms with E-state index in [1.165, 1.54) is 0 Å². The van der Waals surface area contributed by atoms with Gasteiger partial charge in [0.25, 0.3) is 6.01 Å². The van der Waals surface area contributed by atoms with Gasteiger partial charge in [-0.15, -0.1) is 0 Å². The maximum atomic E-state index is 5.63. The van der Waals surface area contributed by atoms with Crippen molar-refractivity contribution < 1.29 is 9.15 Å². The van der Waals surface area contributed by atoms with Crippen molar-refractivity contribution in [2.75, 3.05) is 12.3 Å². The minimum absolute atomic E-state index is 0.211. The number of benzene rings is 1. The summed E-state index contributed by atoms with van der Waals surface area (Å²) in [6, 6.07) is 7.96. The fourth-order valence-electron chi connectivity index (χ4n) is 1.82. The maximum absolute atomic E-state index is 5.63. The molecule has 0 unspecified atom stereocenters. The monoisotopic (exact) mass is 246 g/mol. The zero-order valence-electron chi connectivity index (χ0n) is 10.9. The second-order valence-corrected chi connectivity index (χ2v) is 4.38. The van der Waals surface area contributed by atoms with Crippen LogP contribution in [0, 0.1) is 0 Å². The van der Waals surface area contributed by atoms with Crippen LogP contribution in [0.1, 0.15) is 32.4 Å². The first-order valence-electron chi connectivity index (χ1n) is 6.11. The molecular weight excluding hydrogens is 228 g/mol. The smallest absolute Gasteiger partial charge is 0.292 e. The Labute approximate surface area is 107 Å². The van der Waals surface area contributed by atoms with Crippen molar-refractivity contribution in [3.05, 3.63) is 30.0 Å². The molecule has 1 aromatic heterocycles. The van der Waals surface area contributed by atoms with Crippen LogP contribution < -0.4 is 10.5 Å². The Morgan fingerprint density at radius 1 is 1.28 bits per heavy atom. The number of nitrogen functional groups attached to an aromatic ring is 1. The van der Waals surface area contributed by atoms with Crippen molar-refractivity contribution in [1.82, 2.24) is 4.98 Å². The van der Waals surface area contributed by atoms with E-state index in [4.69, 9.17) is 14.9 Å². The van der Waals surface area contributed by atoms with E-state index >= 15 is 0 Å². The zero-order valence-corrected chi connectivity index (χ0v) is 10.9. The average Bonchev–Trinajstić information content (AvgIpc) is 2.73. The predicted octanol–water partition coefficient (Wildman–Crippen LogP) is 3.45. The summed E-state index contributed by atoms with van der Waals surface area (Å²) in [5.74, 6) is 1.86. The van der Waals surface area contributed by atoms with Gasteiger partial charge in [-0.25, -0.2) is 0 Å². The van der Waals surface area contributed by atoms with Crippen LogP contribution >= 0.6 is 0 Å². The number of nitrogens with zero attached hydrogens (tertiary/aromatic N) is 1. The number of hydrogen-bond donors (Lipinski definition) is 1. The number of ether oxygens (including phenoxy) is 1. The van der Waals surface area contributed by atoms with Crippen molar-refractivity contribution in [3.63, 3.8) is 0 Å². The summed E-state index contributed by atoms with van der Waals surface area (Å²) in [6.45, 7) is 6.75. The van der Waals surface area contributed by atoms with Gasteiger partial charge in [0.2, 0.25) is 0 Å². The third kappa shape index (κ3) is 2.47. The molecule has 18 heavy (non-hydrogen) atoms. The number of oxazole rings is 1. The molecule has 2 rings (SSSR count). The molecule has 96 valence electrons. The molecule has 4 nitrogen and oxygen atoms in total. The minimum Gasteiger partial charge on any atom is -0.494 e. The van der Waals surface area contributed by atoms with Gasteiger partial charge in [-0.05, 0) is 37.1 Å². The van der Waals surface area contributed by atoms with Crippen LogP contribution in [0.4, 0.5) is 6.01 Å². The first-order valence-corrected chi connectivity index (χ1v) is 6.11. The molecule has 0 aliphatic carbocycles. The Balaban J connectivity index is 2.36. The Bertz CT molecular complexity index is 515. The third-order valence-corrected chi connectivity index (χ3v) is 2.64. The lowest BCUT2D eigenvalue weighted by molar-refractivity contribution is 0.340. The Hall–Kier alpha value is -1.97. The van der Waals surface area contributed by atoms with Gasteiger partial charge >= 0.3 is 0 Å². The van der Waals surface area contributed by atoms with E-state index in [0.717, 1.165) is 22.8 Å². The van der Waals surface area contributed by atoms with Crippen LogP contribution in [0.5, 0.6) is 5.75 Å². The number of anilines is 1. The molecule has 0 amide bonds. The summed E-state index contributed by atoms with van der Waals surface area (Å²) >= 11 is 0. The summed E-state index contributed by atoms with van der Waals surface area (Å²) in [5.41, 5.74) is 7.48. The van der Waals surface area contributed by atoms with Crippen LogP contribution in [-0.4, -0.2) is 11.6 Å². The van der Waals surface area contributed by atoms with Crippen LogP contribution in [0.2, 0.25) is 0 Å². The molecule has 0 bridgehead atoms. The first kappa shape index (κ1) is 12.5. The van der Waals surface area contributed by atoms with Crippen molar-refractivity contribution in [2.45, 2.75) is 26.7 Å². The molecule has 1 aromatic carbocycles. The molecule has 0 fully saturated rings. The Morgan fingerprint density at radius 3 is 2.50 bits per heavy atom. The lowest BCUT2D eigenvalue weighted by Gasteiger charge is -2.05. The van der Waals surface area contributed by atoms with Gasteiger partial charge in [-0.2, -0.15) is 4.98 Å². The van der Waals surface area contributed by atoms with E-state index in [-0.39, 0.29) is 11.9 Å². The van der Waals surface area contributed by atoms with Gasteiger partial charge in [0.05, 0.1) is 12.3 Å². The molecule has 0 atom stereocenters. The SMILES string of the molecule is CCOc1ccc(-c2oc(N)nc2C(C)C)cc1. The zero-order chi connectivity index (χ0) is 13.1. The topological polar surface area (TPSA) is 61.3 Å². The first-order chi connectivity index (χ1) is 8.61. The highest BCUT2D eigenvalue weighted by atomic mass is 16.5. The van der Waals surface area contributed by atoms with E-state index in [1.54, 1.807) is 0 Å². The summed E-state index contributed by atoms with van der Waals surface area (Å²) in [4.78, 5) is 4.23. The molecule has 4 heteroatoms. The molecule has 1 heterocycles. The Morgan fingerprint density at radius 2 is 1.94 bits per heavy atom. The molecule has 0 saturated heterocycles. The highest BCUT2D eigenvalue weighted by Crippen LogP contribution is 2.31. The highest BCUT2D eigenvalue weighted by molar-refractivity contribution is 5.62. The van der Waals surface area contributed by atoms with Crippen molar-refractivity contribution in [3.8, 4) is 17.1 Å². The number of rotatable bonds is 4. The van der Waals surface area contributed by atoms with Gasteiger partial charge in [0.1, 0.15) is 5.75 Å². The predicted molar refractivity (Wildman–Crippen MR) is 71.6 cm³/mol. The maximum Gasteiger partial charge on any atom is 0.292 e. The van der Waals surface area contributed by atoms with Gasteiger partial charge in [-0.1, -0.05) is 13.8 Å².